The number of rotatable bonds is 2. The van der Waals surface area contributed by atoms with Crippen LogP contribution < -0.4 is 0 Å². The molecule has 0 spiro atoms. The van der Waals surface area contributed by atoms with E-state index < -0.39 is 11.9 Å². The maximum Gasteiger partial charge on any atom is 0.337 e. The first-order chi connectivity index (χ1) is 14.3. The Morgan fingerprint density at radius 3 is 1.50 bits per heavy atom. The summed E-state index contributed by atoms with van der Waals surface area (Å²) in [5.74, 6) is -2.37. The first kappa shape index (κ1) is 18.8. The number of halogens is 2. The van der Waals surface area contributed by atoms with E-state index in [9.17, 15) is 19.8 Å². The van der Waals surface area contributed by atoms with Crippen molar-refractivity contribution in [3.63, 3.8) is 0 Å². The van der Waals surface area contributed by atoms with Crippen molar-refractivity contribution in [2.24, 2.45) is 0 Å². The van der Waals surface area contributed by atoms with Crippen molar-refractivity contribution in [3.8, 4) is 11.1 Å². The van der Waals surface area contributed by atoms with E-state index in [2.05, 4.69) is 9.97 Å². The van der Waals surface area contributed by atoms with Crippen LogP contribution in [0.25, 0.3) is 32.9 Å². The predicted octanol–water partition coefficient (Wildman–Crippen LogP) is 5.25. The predicted molar refractivity (Wildman–Crippen MR) is 114 cm³/mol. The minimum atomic E-state index is -1.18. The maximum absolute atomic E-state index is 12.3. The van der Waals surface area contributed by atoms with Crippen LogP contribution >= 0.6 is 23.2 Å². The van der Waals surface area contributed by atoms with Crippen molar-refractivity contribution in [3.05, 3.63) is 69.0 Å². The summed E-state index contributed by atoms with van der Waals surface area (Å²) in [6, 6.07) is 9.69. The summed E-state index contributed by atoms with van der Waals surface area (Å²) in [4.78, 5) is 34.0. The van der Waals surface area contributed by atoms with Gasteiger partial charge in [-0.25, -0.2) is 9.59 Å². The Balaban J connectivity index is 2.01. The molecular weight excluding hydrogens is 427 g/mol. The number of aromatic carboxylic acids is 2. The van der Waals surface area contributed by atoms with Crippen LogP contribution in [0.5, 0.6) is 0 Å². The molecule has 2 aromatic carbocycles. The molecule has 1 aliphatic carbocycles. The lowest BCUT2D eigenvalue weighted by Gasteiger charge is -2.24. The molecule has 30 heavy (non-hydrogen) atoms. The van der Waals surface area contributed by atoms with Crippen LogP contribution in [0.1, 0.15) is 32.1 Å². The minimum Gasteiger partial charge on any atom is -0.478 e. The third-order valence-electron chi connectivity index (χ3n) is 5.32. The van der Waals surface area contributed by atoms with Crippen molar-refractivity contribution in [1.29, 1.82) is 0 Å². The Kier molecular flexibility index (Phi) is 4.17. The molecule has 5 rings (SSSR count). The summed E-state index contributed by atoms with van der Waals surface area (Å²) < 4.78 is 0. The van der Waals surface area contributed by atoms with E-state index in [1.807, 2.05) is 0 Å². The monoisotopic (exact) mass is 438 g/mol. The van der Waals surface area contributed by atoms with Crippen LogP contribution in [-0.4, -0.2) is 32.1 Å². The van der Waals surface area contributed by atoms with Crippen LogP contribution in [0, 0.1) is 0 Å². The van der Waals surface area contributed by atoms with Crippen LogP contribution in [0.15, 0.2) is 36.4 Å². The van der Waals surface area contributed by atoms with Crippen molar-refractivity contribution in [1.82, 2.24) is 9.97 Å². The van der Waals surface area contributed by atoms with E-state index in [-0.39, 0.29) is 22.3 Å². The highest BCUT2D eigenvalue weighted by Gasteiger charge is 2.32. The number of carboxylic acids is 2. The summed E-state index contributed by atoms with van der Waals surface area (Å²) in [6.45, 7) is 0. The van der Waals surface area contributed by atoms with Gasteiger partial charge >= 0.3 is 11.9 Å². The van der Waals surface area contributed by atoms with Gasteiger partial charge in [-0.05, 0) is 49.2 Å². The number of aryl methyl sites for hydroxylation is 2. The Morgan fingerprint density at radius 2 is 1.13 bits per heavy atom. The van der Waals surface area contributed by atoms with E-state index in [4.69, 9.17) is 23.2 Å². The number of nitrogens with zero attached hydrogens (tertiary/aromatic N) is 2. The van der Waals surface area contributed by atoms with E-state index in [1.54, 1.807) is 24.3 Å². The van der Waals surface area contributed by atoms with Gasteiger partial charge in [0.25, 0.3) is 0 Å². The fraction of sp³-hybridized carbons (Fsp3) is 0.0909. The molecule has 2 N–H and O–H groups in total. The second-order valence-electron chi connectivity index (χ2n) is 7.05. The Bertz CT molecular complexity index is 1320. The average Bonchev–Trinajstić information content (AvgIpc) is 2.69. The fourth-order valence-electron chi connectivity index (χ4n) is 4.15. The smallest absolute Gasteiger partial charge is 0.337 e. The zero-order valence-corrected chi connectivity index (χ0v) is 16.8. The lowest BCUT2D eigenvalue weighted by molar-refractivity contribution is 0.0686. The highest BCUT2D eigenvalue weighted by Crippen LogP contribution is 2.42. The molecule has 0 radical (unpaired) electrons. The van der Waals surface area contributed by atoms with Crippen LogP contribution in [0.2, 0.25) is 10.0 Å². The van der Waals surface area contributed by atoms with Gasteiger partial charge < -0.3 is 10.2 Å². The highest BCUT2D eigenvalue weighted by atomic mass is 35.5. The molecule has 4 aromatic rings. The second kappa shape index (κ2) is 6.65. The summed E-state index contributed by atoms with van der Waals surface area (Å²) in [5.41, 5.74) is 2.56. The third kappa shape index (κ3) is 2.72. The van der Waals surface area contributed by atoms with Gasteiger partial charge in [0.05, 0.1) is 33.5 Å². The van der Waals surface area contributed by atoms with E-state index in [0.717, 1.165) is 0 Å². The first-order valence-corrected chi connectivity index (χ1v) is 9.82. The van der Waals surface area contributed by atoms with Gasteiger partial charge in [-0.15, -0.1) is 0 Å². The van der Waals surface area contributed by atoms with E-state index >= 15 is 0 Å². The Hall–Kier alpha value is -3.22. The molecule has 0 unspecified atom stereocenters. The summed E-state index contributed by atoms with van der Waals surface area (Å²) in [6.07, 6.45) is 0.901. The van der Waals surface area contributed by atoms with E-state index in [0.29, 0.717) is 56.1 Å². The SMILES string of the molecule is O=C(O)c1c2c(nc3ccc(Cl)cc13)CCc1nc3ccc(Cl)cc3c(C(=O)O)c1-2. The van der Waals surface area contributed by atoms with Crippen molar-refractivity contribution in [2.75, 3.05) is 0 Å². The summed E-state index contributed by atoms with van der Waals surface area (Å²) >= 11 is 12.2. The Labute approximate surface area is 179 Å². The highest BCUT2D eigenvalue weighted by molar-refractivity contribution is 6.32. The average molecular weight is 439 g/mol. The molecule has 0 fully saturated rings. The maximum atomic E-state index is 12.3. The number of aromatic nitrogens is 2. The molecule has 0 bridgehead atoms. The van der Waals surface area contributed by atoms with Gasteiger partial charge in [0.2, 0.25) is 0 Å². The number of fused-ring (bicyclic) bond motifs is 5. The number of hydrogen-bond donors (Lipinski definition) is 2. The molecule has 6 nitrogen and oxygen atoms in total. The standard InChI is InChI=1S/C22H12Cl2N2O4/c23-9-1-3-13-11(7-9)17(21(27)28)19-15(25-13)5-6-16-20(19)18(22(29)30)12-8-10(24)2-4-14(12)26-16/h1-4,7-8H,5-6H2,(H,27,28)(H,29,30). The number of carbonyl (C=O) groups is 2. The topological polar surface area (TPSA) is 100 Å². The molecule has 0 atom stereocenters. The molecule has 148 valence electrons. The molecule has 1 aliphatic rings. The molecule has 2 aromatic heterocycles. The third-order valence-corrected chi connectivity index (χ3v) is 5.79. The van der Waals surface area contributed by atoms with Crippen LogP contribution in [0.4, 0.5) is 0 Å². The van der Waals surface area contributed by atoms with Crippen molar-refractivity contribution >= 4 is 56.9 Å². The lowest BCUT2D eigenvalue weighted by atomic mass is 9.83. The largest absolute Gasteiger partial charge is 0.478 e. The molecule has 2 heterocycles. The molecule has 0 saturated carbocycles. The molecule has 0 aliphatic heterocycles. The molecular formula is C22H12Cl2N2O4. The summed E-state index contributed by atoms with van der Waals surface area (Å²) in [7, 11) is 0. The van der Waals surface area contributed by atoms with E-state index in [1.165, 1.54) is 12.1 Å². The van der Waals surface area contributed by atoms with Gasteiger partial charge in [-0.1, -0.05) is 23.2 Å². The van der Waals surface area contributed by atoms with Gasteiger partial charge in [0.1, 0.15) is 0 Å². The molecule has 0 saturated heterocycles. The fourth-order valence-corrected chi connectivity index (χ4v) is 4.50. The summed E-state index contributed by atoms with van der Waals surface area (Å²) in [5, 5.41) is 21.6. The van der Waals surface area contributed by atoms with Gasteiger partial charge in [-0.2, -0.15) is 0 Å². The zero-order chi connectivity index (χ0) is 21.2. The minimum absolute atomic E-state index is 0.0240. The van der Waals surface area contributed by atoms with Crippen LogP contribution in [-0.2, 0) is 12.8 Å². The van der Waals surface area contributed by atoms with Gasteiger partial charge in [-0.3, -0.25) is 9.97 Å². The normalized spacial score (nSPS) is 12.6. The van der Waals surface area contributed by atoms with Gasteiger partial charge in [0.15, 0.2) is 0 Å². The Morgan fingerprint density at radius 1 is 0.733 bits per heavy atom. The number of benzene rings is 2. The molecule has 8 heteroatoms. The first-order valence-electron chi connectivity index (χ1n) is 9.06. The number of hydrogen-bond acceptors (Lipinski definition) is 4. The second-order valence-corrected chi connectivity index (χ2v) is 7.92. The number of carboxylic acid groups (broad SMARTS) is 2. The van der Waals surface area contributed by atoms with Crippen molar-refractivity contribution in [2.45, 2.75) is 12.8 Å². The number of pyridine rings is 2. The van der Waals surface area contributed by atoms with Gasteiger partial charge in [0, 0.05) is 31.9 Å². The molecule has 0 amide bonds. The van der Waals surface area contributed by atoms with Crippen molar-refractivity contribution < 1.29 is 19.8 Å². The zero-order valence-electron chi connectivity index (χ0n) is 15.2. The lowest BCUT2D eigenvalue weighted by Crippen LogP contribution is -2.17. The quantitative estimate of drug-likeness (QED) is 0.443. The van der Waals surface area contributed by atoms with Crippen LogP contribution in [0.3, 0.4) is 0 Å².